The Labute approximate surface area is 135 Å². The standard InChI is InChI=1S/C16H13FN2O5/c1-9-18-16-10(4-3-5-13(16)24-9)8-23-15-7-12(19(20)21)11(17)6-14(15)22-2/h3-7H,8H2,1-2H3. The van der Waals surface area contributed by atoms with Gasteiger partial charge in [-0.3, -0.25) is 10.1 Å². The van der Waals surface area contributed by atoms with Crippen molar-refractivity contribution < 1.29 is 23.2 Å². The van der Waals surface area contributed by atoms with Gasteiger partial charge in [-0.1, -0.05) is 12.1 Å². The predicted molar refractivity (Wildman–Crippen MR) is 82.7 cm³/mol. The average molecular weight is 332 g/mol. The first-order chi connectivity index (χ1) is 11.5. The van der Waals surface area contributed by atoms with Gasteiger partial charge in [0.05, 0.1) is 18.1 Å². The molecule has 0 aliphatic carbocycles. The van der Waals surface area contributed by atoms with Crippen molar-refractivity contribution in [2.75, 3.05) is 7.11 Å². The van der Waals surface area contributed by atoms with Gasteiger partial charge in [-0.05, 0) is 6.07 Å². The van der Waals surface area contributed by atoms with Crippen LogP contribution in [0.1, 0.15) is 11.5 Å². The quantitative estimate of drug-likeness (QED) is 0.522. The van der Waals surface area contributed by atoms with Crippen LogP contribution < -0.4 is 9.47 Å². The van der Waals surface area contributed by atoms with E-state index in [1.165, 1.54) is 7.11 Å². The summed E-state index contributed by atoms with van der Waals surface area (Å²) < 4.78 is 29.7. The topological polar surface area (TPSA) is 87.6 Å². The molecule has 1 heterocycles. The van der Waals surface area contributed by atoms with Crippen molar-refractivity contribution in [3.05, 3.63) is 57.7 Å². The number of nitro benzene ring substituents is 1. The Morgan fingerprint density at radius 3 is 2.83 bits per heavy atom. The van der Waals surface area contributed by atoms with Crippen molar-refractivity contribution >= 4 is 16.8 Å². The third kappa shape index (κ3) is 2.85. The first kappa shape index (κ1) is 15.7. The molecule has 1 aromatic heterocycles. The molecule has 0 unspecified atom stereocenters. The zero-order valence-electron chi connectivity index (χ0n) is 12.9. The molecule has 8 heteroatoms. The van der Waals surface area contributed by atoms with Gasteiger partial charge >= 0.3 is 5.69 Å². The fourth-order valence-corrected chi connectivity index (χ4v) is 2.33. The van der Waals surface area contributed by atoms with E-state index in [9.17, 15) is 14.5 Å². The number of oxazole rings is 1. The van der Waals surface area contributed by atoms with E-state index in [1.54, 1.807) is 25.1 Å². The fraction of sp³-hybridized carbons (Fsp3) is 0.188. The highest BCUT2D eigenvalue weighted by atomic mass is 19.1. The van der Waals surface area contributed by atoms with Gasteiger partial charge in [0.15, 0.2) is 23.0 Å². The number of benzene rings is 2. The number of hydrogen-bond acceptors (Lipinski definition) is 6. The van der Waals surface area contributed by atoms with Crippen molar-refractivity contribution in [2.24, 2.45) is 0 Å². The molecule has 2 aromatic carbocycles. The van der Waals surface area contributed by atoms with Crippen LogP contribution in [0.4, 0.5) is 10.1 Å². The van der Waals surface area contributed by atoms with Gasteiger partial charge in [-0.2, -0.15) is 4.39 Å². The van der Waals surface area contributed by atoms with Crippen molar-refractivity contribution in [2.45, 2.75) is 13.5 Å². The van der Waals surface area contributed by atoms with E-state index in [1.807, 2.05) is 0 Å². The van der Waals surface area contributed by atoms with Crippen molar-refractivity contribution in [3.8, 4) is 11.5 Å². The van der Waals surface area contributed by atoms with Crippen LogP contribution in [0.25, 0.3) is 11.1 Å². The predicted octanol–water partition coefficient (Wildman–Crippen LogP) is 3.77. The maximum absolute atomic E-state index is 13.6. The molecule has 0 N–H and O–H groups in total. The fourth-order valence-electron chi connectivity index (χ4n) is 2.33. The van der Waals surface area contributed by atoms with Gasteiger partial charge in [0, 0.05) is 18.6 Å². The number of methoxy groups -OCH3 is 1. The van der Waals surface area contributed by atoms with E-state index >= 15 is 0 Å². The smallest absolute Gasteiger partial charge is 0.308 e. The van der Waals surface area contributed by atoms with Gasteiger partial charge < -0.3 is 13.9 Å². The van der Waals surface area contributed by atoms with Crippen molar-refractivity contribution in [3.63, 3.8) is 0 Å². The SMILES string of the molecule is COc1cc(F)c([N+](=O)[O-])cc1OCc1cccc2oc(C)nc12. The number of nitrogens with zero attached hydrogens (tertiary/aromatic N) is 2. The van der Waals surface area contributed by atoms with Crippen LogP contribution in [-0.4, -0.2) is 17.0 Å². The number of fused-ring (bicyclic) bond motifs is 1. The number of rotatable bonds is 5. The van der Waals surface area contributed by atoms with Crippen LogP contribution in [0.3, 0.4) is 0 Å². The summed E-state index contributed by atoms with van der Waals surface area (Å²) in [6, 6.07) is 7.30. The number of para-hydroxylation sites is 1. The molecule has 0 amide bonds. The minimum absolute atomic E-state index is 0.0709. The second kappa shape index (κ2) is 6.15. The summed E-state index contributed by atoms with van der Waals surface area (Å²) in [5.74, 6) is -0.324. The Kier molecular flexibility index (Phi) is 4.03. The van der Waals surface area contributed by atoms with Crippen molar-refractivity contribution in [1.29, 1.82) is 0 Å². The molecule has 0 saturated heterocycles. The normalized spacial score (nSPS) is 10.8. The molecule has 0 aliphatic heterocycles. The molecular weight excluding hydrogens is 319 g/mol. The molecule has 0 aliphatic rings. The monoisotopic (exact) mass is 332 g/mol. The Bertz CT molecular complexity index is 922. The van der Waals surface area contributed by atoms with E-state index in [2.05, 4.69) is 4.98 Å². The summed E-state index contributed by atoms with van der Waals surface area (Å²) in [4.78, 5) is 14.3. The van der Waals surface area contributed by atoms with E-state index in [4.69, 9.17) is 13.9 Å². The number of halogens is 1. The summed E-state index contributed by atoms with van der Waals surface area (Å²) in [5.41, 5.74) is 1.32. The summed E-state index contributed by atoms with van der Waals surface area (Å²) in [7, 11) is 1.33. The Morgan fingerprint density at radius 2 is 2.12 bits per heavy atom. The number of ether oxygens (including phenoxy) is 2. The third-order valence-corrected chi connectivity index (χ3v) is 3.42. The molecule has 24 heavy (non-hydrogen) atoms. The molecule has 124 valence electrons. The lowest BCUT2D eigenvalue weighted by Gasteiger charge is -2.11. The summed E-state index contributed by atoms with van der Waals surface area (Å²) in [5, 5.41) is 10.9. The van der Waals surface area contributed by atoms with E-state index < -0.39 is 16.4 Å². The molecule has 0 radical (unpaired) electrons. The highest BCUT2D eigenvalue weighted by Crippen LogP contribution is 2.34. The van der Waals surface area contributed by atoms with E-state index in [0.29, 0.717) is 17.0 Å². The molecule has 3 aromatic rings. The van der Waals surface area contributed by atoms with Crippen LogP contribution in [0.15, 0.2) is 34.7 Å². The second-order valence-corrected chi connectivity index (χ2v) is 5.00. The number of aryl methyl sites for hydroxylation is 1. The molecule has 7 nitrogen and oxygen atoms in total. The van der Waals surface area contributed by atoms with E-state index in [0.717, 1.165) is 17.7 Å². The number of nitro groups is 1. The van der Waals surface area contributed by atoms with Crippen LogP contribution >= 0.6 is 0 Å². The average Bonchev–Trinajstić information content (AvgIpc) is 2.93. The zero-order chi connectivity index (χ0) is 17.3. The highest BCUT2D eigenvalue weighted by molar-refractivity contribution is 5.76. The maximum atomic E-state index is 13.6. The summed E-state index contributed by atoms with van der Waals surface area (Å²) in [6.07, 6.45) is 0. The molecular formula is C16H13FN2O5. The molecule has 0 bridgehead atoms. The second-order valence-electron chi connectivity index (χ2n) is 5.00. The minimum atomic E-state index is -0.988. The Balaban J connectivity index is 1.93. The number of hydrogen-bond donors (Lipinski definition) is 0. The largest absolute Gasteiger partial charge is 0.493 e. The molecule has 0 spiro atoms. The summed E-state index contributed by atoms with van der Waals surface area (Å²) in [6.45, 7) is 1.81. The Morgan fingerprint density at radius 1 is 1.33 bits per heavy atom. The van der Waals surface area contributed by atoms with E-state index in [-0.39, 0.29) is 18.1 Å². The van der Waals surface area contributed by atoms with Crippen molar-refractivity contribution in [1.82, 2.24) is 4.98 Å². The van der Waals surface area contributed by atoms with Crippen LogP contribution in [0.2, 0.25) is 0 Å². The van der Waals surface area contributed by atoms with Gasteiger partial charge in [0.2, 0.25) is 5.82 Å². The molecule has 0 atom stereocenters. The lowest BCUT2D eigenvalue weighted by Crippen LogP contribution is -2.01. The summed E-state index contributed by atoms with van der Waals surface area (Å²) >= 11 is 0. The minimum Gasteiger partial charge on any atom is -0.493 e. The Hall–Kier alpha value is -3.16. The van der Waals surface area contributed by atoms with Gasteiger partial charge in [-0.25, -0.2) is 4.98 Å². The molecule has 0 saturated carbocycles. The first-order valence-electron chi connectivity index (χ1n) is 6.99. The third-order valence-electron chi connectivity index (χ3n) is 3.42. The number of aromatic nitrogens is 1. The molecule has 3 rings (SSSR count). The lowest BCUT2D eigenvalue weighted by atomic mass is 10.2. The molecule has 0 fully saturated rings. The maximum Gasteiger partial charge on any atom is 0.308 e. The zero-order valence-corrected chi connectivity index (χ0v) is 12.9. The first-order valence-corrected chi connectivity index (χ1v) is 6.99. The van der Waals surface area contributed by atoms with Crippen LogP contribution in [0.5, 0.6) is 11.5 Å². The lowest BCUT2D eigenvalue weighted by molar-refractivity contribution is -0.387. The van der Waals surface area contributed by atoms with Gasteiger partial charge in [0.1, 0.15) is 12.1 Å². The highest BCUT2D eigenvalue weighted by Gasteiger charge is 2.20. The van der Waals surface area contributed by atoms with Gasteiger partial charge in [0.25, 0.3) is 0 Å². The van der Waals surface area contributed by atoms with Crippen LogP contribution in [0, 0.1) is 22.9 Å². The van der Waals surface area contributed by atoms with Crippen LogP contribution in [-0.2, 0) is 6.61 Å². The van der Waals surface area contributed by atoms with Gasteiger partial charge in [-0.15, -0.1) is 0 Å².